The summed E-state index contributed by atoms with van der Waals surface area (Å²) < 4.78 is 13.3. The van der Waals surface area contributed by atoms with Crippen molar-refractivity contribution in [1.82, 2.24) is 0 Å². The third kappa shape index (κ3) is 4.22. The summed E-state index contributed by atoms with van der Waals surface area (Å²) >= 11 is 0. The summed E-state index contributed by atoms with van der Waals surface area (Å²) in [6, 6.07) is 0. The molecule has 2 nitrogen and oxygen atoms in total. The van der Waals surface area contributed by atoms with Gasteiger partial charge in [0.25, 0.3) is 0 Å². The van der Waals surface area contributed by atoms with Crippen LogP contribution in [-0.4, -0.2) is 28.8 Å². The van der Waals surface area contributed by atoms with Crippen LogP contribution in [0.2, 0.25) is 39.3 Å². The third-order valence-electron chi connectivity index (χ3n) is 8.84. The minimum Gasteiger partial charge on any atom is -0.415 e. The van der Waals surface area contributed by atoms with E-state index in [2.05, 4.69) is 46.2 Å². The fourth-order valence-electron chi connectivity index (χ4n) is 7.99. The molecule has 0 bridgehead atoms. The number of hydrogen-bond donors (Lipinski definition) is 0. The lowest BCUT2D eigenvalue weighted by atomic mass is 9.50. The first-order valence-corrected chi connectivity index (χ1v) is 19.1. The predicted octanol–water partition coefficient (Wildman–Crippen LogP) is 7.08. The molecule has 8 atom stereocenters. The molecule has 0 aromatic heterocycles. The van der Waals surface area contributed by atoms with Crippen LogP contribution in [0, 0.1) is 35.0 Å². The molecular formula is C24H46O2Si2. The van der Waals surface area contributed by atoms with Crippen molar-refractivity contribution >= 4 is 16.6 Å². The summed E-state index contributed by atoms with van der Waals surface area (Å²) in [6.07, 6.45) is 13.9. The monoisotopic (exact) mass is 422 g/mol. The van der Waals surface area contributed by atoms with Gasteiger partial charge in [-0.25, -0.2) is 0 Å². The van der Waals surface area contributed by atoms with Crippen LogP contribution >= 0.6 is 0 Å². The first kappa shape index (κ1) is 21.6. The first-order valence-electron chi connectivity index (χ1n) is 12.3. The second-order valence-corrected chi connectivity index (χ2v) is 21.9. The molecule has 0 saturated heterocycles. The fraction of sp³-hybridized carbons (Fsp3) is 1.00. The van der Waals surface area contributed by atoms with Gasteiger partial charge in [0.1, 0.15) is 0 Å². The van der Waals surface area contributed by atoms with E-state index in [1.807, 2.05) is 0 Å². The zero-order valence-corrected chi connectivity index (χ0v) is 21.7. The molecule has 4 rings (SSSR count). The summed E-state index contributed by atoms with van der Waals surface area (Å²) in [6.45, 7) is 16.8. The van der Waals surface area contributed by atoms with Gasteiger partial charge in [-0.05, 0) is 132 Å². The molecule has 0 amide bonds. The number of rotatable bonds is 4. The van der Waals surface area contributed by atoms with Gasteiger partial charge in [-0.3, -0.25) is 0 Å². The smallest absolute Gasteiger partial charge is 0.184 e. The van der Waals surface area contributed by atoms with Gasteiger partial charge >= 0.3 is 0 Å². The summed E-state index contributed by atoms with van der Waals surface area (Å²) in [7, 11) is -2.86. The Morgan fingerprint density at radius 2 is 1.36 bits per heavy atom. The van der Waals surface area contributed by atoms with E-state index in [0.717, 1.165) is 29.6 Å². The Morgan fingerprint density at radius 3 is 2.04 bits per heavy atom. The quantitative estimate of drug-likeness (QED) is 0.451. The van der Waals surface area contributed by atoms with E-state index in [9.17, 15) is 0 Å². The zero-order valence-electron chi connectivity index (χ0n) is 19.7. The van der Waals surface area contributed by atoms with Crippen LogP contribution in [0.5, 0.6) is 0 Å². The minimum atomic E-state index is -1.46. The summed E-state index contributed by atoms with van der Waals surface area (Å²) in [5, 5.41) is 0. The molecule has 4 heteroatoms. The van der Waals surface area contributed by atoms with E-state index in [1.54, 1.807) is 0 Å². The molecule has 0 N–H and O–H groups in total. The maximum Gasteiger partial charge on any atom is 0.184 e. The standard InChI is InChI=1S/C24H46O2Si2/c1-24-15-14-20-19-11-9-18(25-27(2,3)4)16-17(19)8-10-21(20)22(24)12-13-23(24)26-28(5,6)7/h17-23H,8-16H2,1-7H3/t17-,18-,19?,20?,21?,22?,23+,24+/m1/s1. The second kappa shape index (κ2) is 7.49. The molecule has 0 spiro atoms. The molecule has 162 valence electrons. The van der Waals surface area contributed by atoms with Crippen LogP contribution < -0.4 is 0 Å². The molecule has 4 unspecified atom stereocenters. The highest BCUT2D eigenvalue weighted by atomic mass is 28.4. The van der Waals surface area contributed by atoms with E-state index >= 15 is 0 Å². The van der Waals surface area contributed by atoms with Gasteiger partial charge < -0.3 is 8.85 Å². The van der Waals surface area contributed by atoms with Crippen molar-refractivity contribution in [3.63, 3.8) is 0 Å². The van der Waals surface area contributed by atoms with Gasteiger partial charge in [0.05, 0.1) is 6.10 Å². The van der Waals surface area contributed by atoms with E-state index in [1.165, 1.54) is 57.8 Å². The predicted molar refractivity (Wildman–Crippen MR) is 124 cm³/mol. The van der Waals surface area contributed by atoms with Gasteiger partial charge in [-0.15, -0.1) is 0 Å². The molecule has 4 aliphatic rings. The average molecular weight is 423 g/mol. The third-order valence-corrected chi connectivity index (χ3v) is 10.9. The molecule has 4 fully saturated rings. The topological polar surface area (TPSA) is 18.5 Å². The van der Waals surface area contributed by atoms with Crippen LogP contribution in [0.1, 0.15) is 64.7 Å². The summed E-state index contributed by atoms with van der Waals surface area (Å²) in [5.41, 5.74) is 0.465. The van der Waals surface area contributed by atoms with Crippen molar-refractivity contribution in [3.8, 4) is 0 Å². The van der Waals surface area contributed by atoms with E-state index in [-0.39, 0.29) is 0 Å². The Morgan fingerprint density at radius 1 is 0.679 bits per heavy atom. The molecule has 0 aromatic carbocycles. The highest BCUT2D eigenvalue weighted by Crippen LogP contribution is 2.63. The molecular weight excluding hydrogens is 376 g/mol. The minimum absolute atomic E-state index is 0.465. The molecule has 4 saturated carbocycles. The highest BCUT2D eigenvalue weighted by molar-refractivity contribution is 6.70. The lowest BCUT2D eigenvalue weighted by Gasteiger charge is -2.56. The molecule has 28 heavy (non-hydrogen) atoms. The van der Waals surface area contributed by atoms with Crippen molar-refractivity contribution in [1.29, 1.82) is 0 Å². The zero-order chi connectivity index (χ0) is 20.3. The normalized spacial score (nSPS) is 46.6. The van der Waals surface area contributed by atoms with Crippen molar-refractivity contribution in [3.05, 3.63) is 0 Å². The van der Waals surface area contributed by atoms with E-state index in [4.69, 9.17) is 8.85 Å². The van der Waals surface area contributed by atoms with Gasteiger partial charge in [0, 0.05) is 6.10 Å². The summed E-state index contributed by atoms with van der Waals surface area (Å²) in [4.78, 5) is 0. The Balaban J connectivity index is 1.43. The highest BCUT2D eigenvalue weighted by Gasteiger charge is 2.57. The van der Waals surface area contributed by atoms with Crippen LogP contribution in [0.15, 0.2) is 0 Å². The van der Waals surface area contributed by atoms with E-state index in [0.29, 0.717) is 17.6 Å². The molecule has 0 aliphatic heterocycles. The van der Waals surface area contributed by atoms with Gasteiger partial charge in [-0.2, -0.15) is 0 Å². The lowest BCUT2D eigenvalue weighted by molar-refractivity contribution is -0.0867. The molecule has 4 aliphatic carbocycles. The maximum atomic E-state index is 6.74. The summed E-state index contributed by atoms with van der Waals surface area (Å²) in [5.74, 6) is 4.89. The largest absolute Gasteiger partial charge is 0.415 e. The Bertz CT molecular complexity index is 566. The first-order chi connectivity index (χ1) is 13.0. The number of fused-ring (bicyclic) bond motifs is 5. The van der Waals surface area contributed by atoms with Crippen molar-refractivity contribution < 1.29 is 8.85 Å². The van der Waals surface area contributed by atoms with Gasteiger partial charge in [-0.1, -0.05) is 6.92 Å². The molecule has 0 heterocycles. The van der Waals surface area contributed by atoms with Gasteiger partial charge in [0.2, 0.25) is 0 Å². The van der Waals surface area contributed by atoms with Crippen molar-refractivity contribution in [2.75, 3.05) is 0 Å². The fourth-order valence-corrected chi connectivity index (χ4v) is 10.4. The van der Waals surface area contributed by atoms with Crippen LogP contribution in [0.25, 0.3) is 0 Å². The second-order valence-electron chi connectivity index (χ2n) is 12.9. The Kier molecular flexibility index (Phi) is 5.77. The van der Waals surface area contributed by atoms with Crippen molar-refractivity contribution in [2.45, 2.75) is 116 Å². The lowest BCUT2D eigenvalue weighted by Crippen LogP contribution is -2.51. The van der Waals surface area contributed by atoms with Crippen LogP contribution in [-0.2, 0) is 8.85 Å². The van der Waals surface area contributed by atoms with Crippen LogP contribution in [0.3, 0.4) is 0 Å². The average Bonchev–Trinajstić information content (AvgIpc) is 2.88. The molecule has 0 radical (unpaired) electrons. The van der Waals surface area contributed by atoms with Gasteiger partial charge in [0.15, 0.2) is 16.6 Å². The van der Waals surface area contributed by atoms with Crippen LogP contribution in [0.4, 0.5) is 0 Å². The Labute approximate surface area is 176 Å². The van der Waals surface area contributed by atoms with E-state index < -0.39 is 16.6 Å². The number of hydrogen-bond acceptors (Lipinski definition) is 2. The Hall–Kier alpha value is 0.354. The maximum absolute atomic E-state index is 6.74. The molecule has 0 aromatic rings. The van der Waals surface area contributed by atoms with Crippen molar-refractivity contribution in [2.24, 2.45) is 35.0 Å². The SMILES string of the molecule is C[C@]12CCC3C(CC[C@@H]4C[C@H](O[Si](C)(C)C)CCC34)C1CC[C@@H]2O[Si](C)(C)C.